The molecule has 0 spiro atoms. The Hall–Kier alpha value is -2.08. The third-order valence-electron chi connectivity index (χ3n) is 2.86. The first-order valence-corrected chi connectivity index (χ1v) is 6.22. The number of hydrogen-bond acceptors (Lipinski definition) is 4. The summed E-state index contributed by atoms with van der Waals surface area (Å²) in [7, 11) is 1.51. The van der Waals surface area contributed by atoms with E-state index in [1.165, 1.54) is 7.11 Å². The van der Waals surface area contributed by atoms with Crippen LogP contribution >= 0.6 is 0 Å². The van der Waals surface area contributed by atoms with Gasteiger partial charge >= 0.3 is 5.97 Å². The van der Waals surface area contributed by atoms with Gasteiger partial charge in [-0.25, -0.2) is 4.79 Å². The Morgan fingerprint density at radius 3 is 2.15 bits per heavy atom. The highest BCUT2D eigenvalue weighted by Crippen LogP contribution is 2.20. The van der Waals surface area contributed by atoms with Gasteiger partial charge in [0, 0.05) is 5.92 Å². The summed E-state index contributed by atoms with van der Waals surface area (Å²) in [6.07, 6.45) is -1.33. The molecule has 0 aliphatic carbocycles. The minimum Gasteiger partial charge on any atom is -0.497 e. The number of aliphatic hydroxyl groups excluding tert-OH is 1. The molecule has 1 amide bonds. The number of ether oxygens (including phenoxy) is 1. The number of methoxy groups -OCH3 is 1. The molecule has 1 aromatic carbocycles. The molecule has 2 atom stereocenters. The van der Waals surface area contributed by atoms with E-state index in [1.54, 1.807) is 38.1 Å². The van der Waals surface area contributed by atoms with E-state index in [0.717, 1.165) is 0 Å². The van der Waals surface area contributed by atoms with Crippen molar-refractivity contribution < 1.29 is 24.5 Å². The van der Waals surface area contributed by atoms with Crippen molar-refractivity contribution in [3.63, 3.8) is 0 Å². The Bertz CT molecular complexity index is 469. The van der Waals surface area contributed by atoms with Crippen molar-refractivity contribution in [3.8, 4) is 5.75 Å². The molecule has 0 saturated heterocycles. The van der Waals surface area contributed by atoms with Gasteiger partial charge in [-0.15, -0.1) is 0 Å². The van der Waals surface area contributed by atoms with Crippen molar-refractivity contribution in [2.24, 2.45) is 5.92 Å². The van der Waals surface area contributed by atoms with Crippen molar-refractivity contribution in [2.45, 2.75) is 26.0 Å². The molecule has 0 fully saturated rings. The number of aliphatic hydroxyl groups is 1. The van der Waals surface area contributed by atoms with E-state index < -0.39 is 24.0 Å². The van der Waals surface area contributed by atoms with Gasteiger partial charge in [-0.05, 0) is 17.7 Å². The molecule has 0 radical (unpaired) electrons. The molecule has 1 aromatic rings. The van der Waals surface area contributed by atoms with Gasteiger partial charge in [0.15, 0.2) is 6.04 Å². The minimum atomic E-state index is -1.39. The molecule has 6 heteroatoms. The summed E-state index contributed by atoms with van der Waals surface area (Å²) in [6, 6.07) is 4.95. The van der Waals surface area contributed by atoms with Crippen molar-refractivity contribution in [3.05, 3.63) is 29.8 Å². The maximum atomic E-state index is 11.6. The summed E-state index contributed by atoms with van der Waals surface area (Å²) in [6.45, 7) is 3.29. The SMILES string of the molecule is COc1ccc(C(O)C(NC(=O)C(C)C)C(=O)O)cc1. The molecule has 0 heterocycles. The van der Waals surface area contributed by atoms with Crippen LogP contribution in [0.5, 0.6) is 5.75 Å². The maximum Gasteiger partial charge on any atom is 0.329 e. The van der Waals surface area contributed by atoms with Crippen molar-refractivity contribution in [1.29, 1.82) is 0 Å². The molecule has 3 N–H and O–H groups in total. The monoisotopic (exact) mass is 281 g/mol. The van der Waals surface area contributed by atoms with Crippen LogP contribution in [0.2, 0.25) is 0 Å². The standard InChI is InChI=1S/C14H19NO5/c1-8(2)13(17)15-11(14(18)19)12(16)9-4-6-10(20-3)7-5-9/h4-8,11-12,16H,1-3H3,(H,15,17)(H,18,19). The van der Waals surface area contributed by atoms with E-state index in [4.69, 9.17) is 9.84 Å². The zero-order valence-electron chi connectivity index (χ0n) is 11.7. The van der Waals surface area contributed by atoms with Crippen LogP contribution in [-0.4, -0.2) is 35.2 Å². The van der Waals surface area contributed by atoms with Crippen molar-refractivity contribution in [2.75, 3.05) is 7.11 Å². The van der Waals surface area contributed by atoms with Gasteiger partial charge in [-0.3, -0.25) is 4.79 Å². The molecule has 0 aliphatic heterocycles. The molecule has 1 rings (SSSR count). The van der Waals surface area contributed by atoms with Crippen LogP contribution in [0, 0.1) is 5.92 Å². The second-order valence-corrected chi connectivity index (χ2v) is 4.70. The summed E-state index contributed by atoms with van der Waals surface area (Å²) < 4.78 is 4.99. The number of carbonyl (C=O) groups is 2. The molecular formula is C14H19NO5. The number of carboxylic acid groups (broad SMARTS) is 1. The van der Waals surface area contributed by atoms with Gasteiger partial charge in [0.05, 0.1) is 7.11 Å². The lowest BCUT2D eigenvalue weighted by molar-refractivity contribution is -0.145. The van der Waals surface area contributed by atoms with Gasteiger partial charge < -0.3 is 20.3 Å². The fourth-order valence-corrected chi connectivity index (χ4v) is 1.59. The van der Waals surface area contributed by atoms with Crippen LogP contribution in [0.3, 0.4) is 0 Å². The quantitative estimate of drug-likeness (QED) is 0.721. The summed E-state index contributed by atoms with van der Waals surface area (Å²) >= 11 is 0. The molecular weight excluding hydrogens is 262 g/mol. The average molecular weight is 281 g/mol. The number of hydrogen-bond donors (Lipinski definition) is 3. The second-order valence-electron chi connectivity index (χ2n) is 4.70. The van der Waals surface area contributed by atoms with Crippen LogP contribution in [-0.2, 0) is 9.59 Å². The fourth-order valence-electron chi connectivity index (χ4n) is 1.59. The highest BCUT2D eigenvalue weighted by Gasteiger charge is 2.30. The third-order valence-corrected chi connectivity index (χ3v) is 2.86. The number of aliphatic carboxylic acids is 1. The Morgan fingerprint density at radius 1 is 1.20 bits per heavy atom. The van der Waals surface area contributed by atoms with Gasteiger partial charge in [0.2, 0.25) is 5.91 Å². The van der Waals surface area contributed by atoms with Crippen LogP contribution in [0.1, 0.15) is 25.5 Å². The van der Waals surface area contributed by atoms with E-state index >= 15 is 0 Å². The normalized spacial score (nSPS) is 13.7. The maximum absolute atomic E-state index is 11.6. The van der Waals surface area contributed by atoms with Crippen molar-refractivity contribution in [1.82, 2.24) is 5.32 Å². The molecule has 6 nitrogen and oxygen atoms in total. The molecule has 0 aliphatic rings. The van der Waals surface area contributed by atoms with Crippen LogP contribution in [0.4, 0.5) is 0 Å². The Morgan fingerprint density at radius 2 is 1.75 bits per heavy atom. The Labute approximate surface area is 117 Å². The lowest BCUT2D eigenvalue weighted by Crippen LogP contribution is -2.46. The molecule has 0 bridgehead atoms. The summed E-state index contributed by atoms with van der Waals surface area (Å²) in [5.74, 6) is -1.48. The number of carbonyl (C=O) groups excluding carboxylic acids is 1. The van der Waals surface area contributed by atoms with Crippen LogP contribution < -0.4 is 10.1 Å². The lowest BCUT2D eigenvalue weighted by Gasteiger charge is -2.21. The largest absolute Gasteiger partial charge is 0.497 e. The number of carboxylic acids is 1. The van der Waals surface area contributed by atoms with E-state index in [-0.39, 0.29) is 5.92 Å². The summed E-state index contributed by atoms with van der Waals surface area (Å²) in [4.78, 5) is 22.8. The molecule has 0 aromatic heterocycles. The number of amides is 1. The summed E-state index contributed by atoms with van der Waals surface area (Å²) in [5, 5.41) is 21.6. The fraction of sp³-hybridized carbons (Fsp3) is 0.429. The van der Waals surface area contributed by atoms with Crippen LogP contribution in [0.25, 0.3) is 0 Å². The smallest absolute Gasteiger partial charge is 0.329 e. The molecule has 20 heavy (non-hydrogen) atoms. The van der Waals surface area contributed by atoms with Gasteiger partial charge in [0.25, 0.3) is 0 Å². The van der Waals surface area contributed by atoms with Crippen LogP contribution in [0.15, 0.2) is 24.3 Å². The molecule has 2 unspecified atom stereocenters. The second kappa shape index (κ2) is 6.91. The third kappa shape index (κ3) is 3.96. The van der Waals surface area contributed by atoms with E-state index in [9.17, 15) is 14.7 Å². The summed E-state index contributed by atoms with van der Waals surface area (Å²) in [5.41, 5.74) is 0.391. The topological polar surface area (TPSA) is 95.9 Å². The number of rotatable bonds is 6. The zero-order valence-corrected chi connectivity index (χ0v) is 11.7. The zero-order chi connectivity index (χ0) is 15.3. The predicted molar refractivity (Wildman–Crippen MR) is 72.4 cm³/mol. The highest BCUT2D eigenvalue weighted by molar-refractivity contribution is 5.85. The molecule has 0 saturated carbocycles. The molecule has 110 valence electrons. The Balaban J connectivity index is 2.90. The van der Waals surface area contributed by atoms with Crippen molar-refractivity contribution >= 4 is 11.9 Å². The first kappa shape index (κ1) is 16.0. The number of nitrogens with one attached hydrogen (secondary N) is 1. The minimum absolute atomic E-state index is 0.361. The van der Waals surface area contributed by atoms with E-state index in [2.05, 4.69) is 5.32 Å². The predicted octanol–water partition coefficient (Wildman–Crippen LogP) is 0.954. The van der Waals surface area contributed by atoms with E-state index in [1.807, 2.05) is 0 Å². The van der Waals surface area contributed by atoms with Gasteiger partial charge in [-0.2, -0.15) is 0 Å². The van der Waals surface area contributed by atoms with E-state index in [0.29, 0.717) is 11.3 Å². The Kier molecular flexibility index (Phi) is 5.52. The average Bonchev–Trinajstić information content (AvgIpc) is 2.43. The van der Waals surface area contributed by atoms with Gasteiger partial charge in [-0.1, -0.05) is 26.0 Å². The highest BCUT2D eigenvalue weighted by atomic mass is 16.5. The van der Waals surface area contributed by atoms with Gasteiger partial charge in [0.1, 0.15) is 11.9 Å². The lowest BCUT2D eigenvalue weighted by atomic mass is 10.0. The first-order valence-electron chi connectivity index (χ1n) is 6.22. The number of benzene rings is 1. The first-order chi connectivity index (χ1) is 9.36.